The minimum atomic E-state index is -0.950. The lowest BCUT2D eigenvalue weighted by atomic mass is 10.0. The predicted octanol–water partition coefficient (Wildman–Crippen LogP) is 3.26. The molecule has 2 aromatic rings. The van der Waals surface area contributed by atoms with Gasteiger partial charge in [0.25, 0.3) is 0 Å². The second-order valence-electron chi connectivity index (χ2n) is 4.60. The Bertz CT molecular complexity index is 607. The maximum atomic E-state index is 13.6. The van der Waals surface area contributed by atoms with E-state index in [1.807, 2.05) is 0 Å². The summed E-state index contributed by atoms with van der Waals surface area (Å²) in [5.74, 6) is -0.261. The number of ether oxygens (including phenoxy) is 2. The monoisotopic (exact) mass is 294 g/mol. The van der Waals surface area contributed by atoms with E-state index in [2.05, 4.69) is 0 Å². The smallest absolute Gasteiger partial charge is 0.129 e. The van der Waals surface area contributed by atoms with Crippen LogP contribution >= 0.6 is 0 Å². The van der Waals surface area contributed by atoms with E-state index >= 15 is 0 Å². The van der Waals surface area contributed by atoms with E-state index in [4.69, 9.17) is 9.47 Å². The van der Waals surface area contributed by atoms with Gasteiger partial charge in [-0.15, -0.1) is 0 Å². The van der Waals surface area contributed by atoms with Crippen LogP contribution in [0.2, 0.25) is 0 Å². The van der Waals surface area contributed by atoms with Crippen LogP contribution < -0.4 is 9.47 Å². The summed E-state index contributed by atoms with van der Waals surface area (Å²) in [6, 6.07) is 8.26. The second-order valence-corrected chi connectivity index (χ2v) is 4.60. The minimum absolute atomic E-state index is 0.0302. The maximum Gasteiger partial charge on any atom is 0.129 e. The lowest BCUT2D eigenvalue weighted by Gasteiger charge is -2.14. The molecule has 5 heteroatoms. The summed E-state index contributed by atoms with van der Waals surface area (Å²) in [5, 5.41) is 10.2. The molecule has 0 aliphatic carbocycles. The molecule has 21 heavy (non-hydrogen) atoms. The Morgan fingerprint density at radius 2 is 1.62 bits per heavy atom. The van der Waals surface area contributed by atoms with Crippen LogP contribution in [-0.4, -0.2) is 19.3 Å². The molecule has 0 heterocycles. The summed E-state index contributed by atoms with van der Waals surface area (Å²) >= 11 is 0. The second kappa shape index (κ2) is 6.54. The molecule has 0 radical (unpaired) electrons. The number of rotatable bonds is 5. The lowest BCUT2D eigenvalue weighted by Crippen LogP contribution is -2.04. The van der Waals surface area contributed by atoms with Gasteiger partial charge in [0.1, 0.15) is 23.1 Å². The van der Waals surface area contributed by atoms with Gasteiger partial charge in [0.05, 0.1) is 20.3 Å². The number of benzene rings is 2. The minimum Gasteiger partial charge on any atom is -0.497 e. The quantitative estimate of drug-likeness (QED) is 0.920. The van der Waals surface area contributed by atoms with E-state index in [-0.39, 0.29) is 12.0 Å². The first-order valence-corrected chi connectivity index (χ1v) is 6.38. The summed E-state index contributed by atoms with van der Waals surface area (Å²) in [6.07, 6.45) is -0.920. The Balaban J connectivity index is 2.25. The first kappa shape index (κ1) is 15.3. The van der Waals surface area contributed by atoms with Gasteiger partial charge in [-0.05, 0) is 29.3 Å². The SMILES string of the molecule is COc1cc(OC)cc(C(O)Cc2ccc(F)cc2F)c1. The molecule has 0 aliphatic rings. The topological polar surface area (TPSA) is 38.7 Å². The molecular weight excluding hydrogens is 278 g/mol. The van der Waals surface area contributed by atoms with Crippen LogP contribution in [0.1, 0.15) is 17.2 Å². The van der Waals surface area contributed by atoms with Crippen molar-refractivity contribution in [1.82, 2.24) is 0 Å². The summed E-state index contributed by atoms with van der Waals surface area (Å²) in [5.41, 5.74) is 0.778. The number of halogens is 2. The van der Waals surface area contributed by atoms with E-state index in [1.54, 1.807) is 18.2 Å². The van der Waals surface area contributed by atoms with Gasteiger partial charge in [0, 0.05) is 18.6 Å². The first-order chi connectivity index (χ1) is 10.0. The Morgan fingerprint density at radius 3 is 2.14 bits per heavy atom. The normalized spacial score (nSPS) is 12.0. The van der Waals surface area contributed by atoms with Crippen molar-refractivity contribution < 1.29 is 23.4 Å². The molecule has 3 nitrogen and oxygen atoms in total. The maximum absolute atomic E-state index is 13.6. The summed E-state index contributed by atoms with van der Waals surface area (Å²) < 4.78 is 36.7. The molecule has 0 bridgehead atoms. The fraction of sp³-hybridized carbons (Fsp3) is 0.250. The van der Waals surface area contributed by atoms with E-state index in [9.17, 15) is 13.9 Å². The van der Waals surface area contributed by atoms with Crippen LogP contribution in [0.5, 0.6) is 11.5 Å². The molecule has 1 N–H and O–H groups in total. The van der Waals surface area contributed by atoms with Gasteiger partial charge in [0.15, 0.2) is 0 Å². The number of hydrogen-bond donors (Lipinski definition) is 1. The van der Waals surface area contributed by atoms with Gasteiger partial charge in [-0.2, -0.15) is 0 Å². The van der Waals surface area contributed by atoms with Crippen LogP contribution in [0.3, 0.4) is 0 Å². The highest BCUT2D eigenvalue weighted by Gasteiger charge is 2.14. The number of methoxy groups -OCH3 is 2. The van der Waals surface area contributed by atoms with Crippen molar-refractivity contribution in [2.24, 2.45) is 0 Å². The Morgan fingerprint density at radius 1 is 1.00 bits per heavy atom. The van der Waals surface area contributed by atoms with E-state index in [1.165, 1.54) is 20.3 Å². The van der Waals surface area contributed by atoms with Crippen molar-refractivity contribution in [2.75, 3.05) is 14.2 Å². The molecular formula is C16H16F2O3. The Kier molecular flexibility index (Phi) is 4.75. The van der Waals surface area contributed by atoms with Gasteiger partial charge in [0.2, 0.25) is 0 Å². The van der Waals surface area contributed by atoms with Crippen LogP contribution in [0.25, 0.3) is 0 Å². The van der Waals surface area contributed by atoms with Crippen molar-refractivity contribution in [3.8, 4) is 11.5 Å². The number of aliphatic hydroxyl groups excluding tert-OH is 1. The van der Waals surface area contributed by atoms with Crippen molar-refractivity contribution in [1.29, 1.82) is 0 Å². The highest BCUT2D eigenvalue weighted by atomic mass is 19.1. The highest BCUT2D eigenvalue weighted by molar-refractivity contribution is 5.40. The van der Waals surface area contributed by atoms with E-state index < -0.39 is 17.7 Å². The highest BCUT2D eigenvalue weighted by Crippen LogP contribution is 2.28. The third-order valence-corrected chi connectivity index (χ3v) is 3.19. The average Bonchev–Trinajstić information content (AvgIpc) is 2.49. The van der Waals surface area contributed by atoms with Crippen LogP contribution in [-0.2, 0) is 6.42 Å². The molecule has 0 aromatic heterocycles. The fourth-order valence-electron chi connectivity index (χ4n) is 2.04. The van der Waals surface area contributed by atoms with Gasteiger partial charge in [-0.3, -0.25) is 0 Å². The predicted molar refractivity (Wildman–Crippen MR) is 74.6 cm³/mol. The molecule has 1 atom stereocenters. The molecule has 0 saturated heterocycles. The number of aliphatic hydroxyl groups is 1. The fourth-order valence-corrected chi connectivity index (χ4v) is 2.04. The zero-order valence-electron chi connectivity index (χ0n) is 11.8. The van der Waals surface area contributed by atoms with Gasteiger partial charge in [-0.1, -0.05) is 6.07 Å². The van der Waals surface area contributed by atoms with Crippen molar-refractivity contribution in [3.63, 3.8) is 0 Å². The molecule has 2 rings (SSSR count). The largest absolute Gasteiger partial charge is 0.497 e. The average molecular weight is 294 g/mol. The zero-order valence-corrected chi connectivity index (χ0v) is 11.8. The zero-order chi connectivity index (χ0) is 15.4. The van der Waals surface area contributed by atoms with Crippen molar-refractivity contribution in [2.45, 2.75) is 12.5 Å². The van der Waals surface area contributed by atoms with E-state index in [0.717, 1.165) is 12.1 Å². The number of hydrogen-bond acceptors (Lipinski definition) is 3. The van der Waals surface area contributed by atoms with Gasteiger partial charge < -0.3 is 14.6 Å². The molecule has 2 aromatic carbocycles. The molecule has 112 valence electrons. The lowest BCUT2D eigenvalue weighted by molar-refractivity contribution is 0.176. The molecule has 0 aliphatic heterocycles. The first-order valence-electron chi connectivity index (χ1n) is 6.38. The van der Waals surface area contributed by atoms with E-state index in [0.29, 0.717) is 17.1 Å². The molecule has 1 unspecified atom stereocenters. The van der Waals surface area contributed by atoms with Gasteiger partial charge in [-0.25, -0.2) is 8.78 Å². The molecule has 0 spiro atoms. The molecule has 0 saturated carbocycles. The van der Waals surface area contributed by atoms with Crippen molar-refractivity contribution >= 4 is 0 Å². The summed E-state index contributed by atoms with van der Waals surface area (Å²) in [4.78, 5) is 0. The Hall–Kier alpha value is -2.14. The van der Waals surface area contributed by atoms with Crippen LogP contribution in [0, 0.1) is 11.6 Å². The summed E-state index contributed by atoms with van der Waals surface area (Å²) in [7, 11) is 3.01. The molecule has 0 fully saturated rings. The standard InChI is InChI=1S/C16H16F2O3/c1-20-13-5-11(6-14(9-13)21-2)16(19)7-10-3-4-12(17)8-15(10)18/h3-6,8-9,16,19H,7H2,1-2H3. The van der Waals surface area contributed by atoms with Gasteiger partial charge >= 0.3 is 0 Å². The molecule has 0 amide bonds. The van der Waals surface area contributed by atoms with Crippen LogP contribution in [0.15, 0.2) is 36.4 Å². The Labute approximate surface area is 121 Å². The van der Waals surface area contributed by atoms with Crippen molar-refractivity contribution in [3.05, 3.63) is 59.2 Å². The third kappa shape index (κ3) is 3.70. The third-order valence-electron chi connectivity index (χ3n) is 3.19. The van der Waals surface area contributed by atoms with Crippen LogP contribution in [0.4, 0.5) is 8.78 Å². The summed E-state index contributed by atoms with van der Waals surface area (Å²) in [6.45, 7) is 0.